The number of hydrogen-bond donors (Lipinski definition) is 0. The Hall–Kier alpha value is -1.44. The molecule has 0 aromatic heterocycles. The monoisotopic (exact) mass is 454 g/mol. The molecule has 0 spiro atoms. The second-order valence-electron chi connectivity index (χ2n) is 9.62. The van der Waals surface area contributed by atoms with E-state index in [0.29, 0.717) is 44.8 Å². The second kappa shape index (κ2) is 7.36. The number of fused-ring (bicyclic) bond motifs is 5. The van der Waals surface area contributed by atoms with Crippen molar-refractivity contribution in [3.8, 4) is 0 Å². The van der Waals surface area contributed by atoms with Crippen molar-refractivity contribution in [2.45, 2.75) is 63.6 Å². The zero-order valence-corrected chi connectivity index (χ0v) is 19.0. The number of ketones is 2. The average molecular weight is 453 g/mol. The first-order valence-corrected chi connectivity index (χ1v) is 13.3. The first-order valence-electron chi connectivity index (χ1n) is 11.2. The molecule has 0 bridgehead atoms. The number of benzene rings is 1. The first-order chi connectivity index (χ1) is 14.0. The summed E-state index contributed by atoms with van der Waals surface area (Å²) in [4.78, 5) is 24.9. The van der Waals surface area contributed by atoms with Crippen molar-refractivity contribution in [3.05, 3.63) is 53.6 Å². The molecule has 1 aromatic rings. The maximum atomic E-state index is 12.7. The molecule has 0 amide bonds. The Morgan fingerprint density at radius 1 is 1.07 bits per heavy atom. The summed E-state index contributed by atoms with van der Waals surface area (Å²) in [7, 11) is 0. The number of Topliss-reactive ketones (excluding diaryl/α,β-unsaturated/α-hetero) is 1. The van der Waals surface area contributed by atoms with E-state index in [1.54, 1.807) is 5.57 Å². The Bertz CT molecular complexity index is 899. The van der Waals surface area contributed by atoms with Gasteiger partial charge in [0.15, 0.2) is 0 Å². The van der Waals surface area contributed by atoms with Gasteiger partial charge >= 0.3 is 180 Å². The van der Waals surface area contributed by atoms with E-state index >= 15 is 0 Å². The molecule has 4 aliphatic rings. The van der Waals surface area contributed by atoms with Gasteiger partial charge in [-0.3, -0.25) is 0 Å². The van der Waals surface area contributed by atoms with E-state index in [2.05, 4.69) is 43.3 Å². The number of hydrogen-bond acceptors (Lipinski definition) is 2. The van der Waals surface area contributed by atoms with Crippen LogP contribution >= 0.6 is 0 Å². The fourth-order valence-electron chi connectivity index (χ4n) is 6.75. The van der Waals surface area contributed by atoms with Gasteiger partial charge in [-0.15, -0.1) is 0 Å². The predicted octanol–water partition coefficient (Wildman–Crippen LogP) is 4.83. The summed E-state index contributed by atoms with van der Waals surface area (Å²) < 4.78 is 1.47. The molecule has 2 fully saturated rings. The molecule has 0 heterocycles. The molecule has 152 valence electrons. The minimum absolute atomic E-state index is 0.0975. The topological polar surface area (TPSA) is 34.1 Å². The SMILES string of the molecule is C[C@]12CC=C3[C@@H](CCC4=CC(=O)CC[C@@]43CC[Se]c3ccccc3)[C@@H]1CCC2=O. The normalized spacial score (nSPS) is 36.0. The number of carbonyl (C=O) groups is 2. The van der Waals surface area contributed by atoms with Gasteiger partial charge in [0.05, 0.1) is 0 Å². The second-order valence-corrected chi connectivity index (χ2v) is 12.1. The Kier molecular flexibility index (Phi) is 4.95. The van der Waals surface area contributed by atoms with Crippen molar-refractivity contribution in [1.82, 2.24) is 0 Å². The van der Waals surface area contributed by atoms with Crippen LogP contribution in [0.15, 0.2) is 53.6 Å². The van der Waals surface area contributed by atoms with Crippen LogP contribution in [0.25, 0.3) is 0 Å². The van der Waals surface area contributed by atoms with E-state index in [1.807, 2.05) is 6.08 Å². The van der Waals surface area contributed by atoms with Gasteiger partial charge < -0.3 is 0 Å². The van der Waals surface area contributed by atoms with E-state index in [1.165, 1.54) is 21.8 Å². The molecule has 4 atom stereocenters. The predicted molar refractivity (Wildman–Crippen MR) is 117 cm³/mol. The summed E-state index contributed by atoms with van der Waals surface area (Å²) in [5.74, 6) is 1.87. The molecular weight excluding hydrogens is 423 g/mol. The summed E-state index contributed by atoms with van der Waals surface area (Å²) in [6.45, 7) is 2.22. The summed E-state index contributed by atoms with van der Waals surface area (Å²) in [6, 6.07) is 10.9. The van der Waals surface area contributed by atoms with Gasteiger partial charge in [-0.05, 0) is 0 Å². The van der Waals surface area contributed by atoms with Gasteiger partial charge in [0.1, 0.15) is 0 Å². The van der Waals surface area contributed by atoms with Crippen molar-refractivity contribution >= 4 is 31.0 Å². The van der Waals surface area contributed by atoms with Crippen LogP contribution in [0.2, 0.25) is 5.32 Å². The molecule has 2 nitrogen and oxygen atoms in total. The molecule has 1 aromatic carbocycles. The van der Waals surface area contributed by atoms with Crippen LogP contribution in [0, 0.1) is 22.7 Å². The van der Waals surface area contributed by atoms with Crippen LogP contribution in [0.1, 0.15) is 58.3 Å². The quantitative estimate of drug-likeness (QED) is 0.484. The third kappa shape index (κ3) is 3.13. The van der Waals surface area contributed by atoms with E-state index < -0.39 is 0 Å². The van der Waals surface area contributed by atoms with Crippen molar-refractivity contribution in [1.29, 1.82) is 0 Å². The van der Waals surface area contributed by atoms with Gasteiger partial charge in [-0.25, -0.2) is 0 Å². The minimum atomic E-state index is -0.130. The molecule has 2 saturated carbocycles. The van der Waals surface area contributed by atoms with Crippen LogP contribution in [0.4, 0.5) is 0 Å². The van der Waals surface area contributed by atoms with Crippen LogP contribution in [-0.4, -0.2) is 26.5 Å². The first kappa shape index (κ1) is 19.5. The maximum absolute atomic E-state index is 12.7. The molecule has 3 heteroatoms. The Morgan fingerprint density at radius 2 is 1.90 bits per heavy atom. The van der Waals surface area contributed by atoms with E-state index in [0.717, 1.165) is 38.5 Å². The van der Waals surface area contributed by atoms with Gasteiger partial charge in [0, 0.05) is 0 Å². The van der Waals surface area contributed by atoms with E-state index in [-0.39, 0.29) is 10.8 Å². The van der Waals surface area contributed by atoms with E-state index in [9.17, 15) is 9.59 Å². The van der Waals surface area contributed by atoms with E-state index in [4.69, 9.17) is 0 Å². The fourth-order valence-corrected chi connectivity index (χ4v) is 8.92. The van der Waals surface area contributed by atoms with Gasteiger partial charge in [-0.2, -0.15) is 0 Å². The van der Waals surface area contributed by atoms with Crippen molar-refractivity contribution in [2.24, 2.45) is 22.7 Å². The third-order valence-corrected chi connectivity index (χ3v) is 10.5. The third-order valence-electron chi connectivity index (χ3n) is 8.34. The molecule has 5 rings (SSSR count). The van der Waals surface area contributed by atoms with Crippen LogP contribution < -0.4 is 4.46 Å². The number of rotatable bonds is 4. The van der Waals surface area contributed by atoms with Crippen molar-refractivity contribution < 1.29 is 9.59 Å². The summed E-state index contributed by atoms with van der Waals surface area (Å²) >= 11 is 0.475. The zero-order chi connectivity index (χ0) is 20.1. The van der Waals surface area contributed by atoms with Gasteiger partial charge in [0.25, 0.3) is 0 Å². The van der Waals surface area contributed by atoms with Crippen molar-refractivity contribution in [3.63, 3.8) is 0 Å². The molecule has 0 saturated heterocycles. The molecule has 0 aliphatic heterocycles. The number of allylic oxidation sites excluding steroid dienone is 4. The average Bonchev–Trinajstić information content (AvgIpc) is 3.04. The van der Waals surface area contributed by atoms with Crippen LogP contribution in [0.3, 0.4) is 0 Å². The molecular formula is C26H30O2Se. The number of carbonyl (C=O) groups excluding carboxylic acids is 2. The molecule has 0 unspecified atom stereocenters. The zero-order valence-electron chi connectivity index (χ0n) is 17.3. The Morgan fingerprint density at radius 3 is 2.72 bits per heavy atom. The molecule has 0 N–H and O–H groups in total. The summed E-state index contributed by atoms with van der Waals surface area (Å²) in [5.41, 5.74) is 2.99. The van der Waals surface area contributed by atoms with Crippen LogP contribution in [0.5, 0.6) is 0 Å². The van der Waals surface area contributed by atoms with Gasteiger partial charge in [-0.1, -0.05) is 0 Å². The summed E-state index contributed by atoms with van der Waals surface area (Å²) in [5, 5.41) is 1.22. The van der Waals surface area contributed by atoms with Crippen molar-refractivity contribution in [2.75, 3.05) is 0 Å². The fraction of sp³-hybridized carbons (Fsp3) is 0.538. The molecule has 29 heavy (non-hydrogen) atoms. The molecule has 4 aliphatic carbocycles. The Labute approximate surface area is 180 Å². The van der Waals surface area contributed by atoms with Crippen LogP contribution in [-0.2, 0) is 9.59 Å². The standard InChI is InChI=1S/C26H30O2Se/c1-25-13-12-23-21(22(25)9-10-24(25)28)8-7-18-17-19(27)11-14-26(18,23)15-16-29-20-5-3-2-4-6-20/h2-6,12,17,21-22H,7-11,13-16H2,1H3/t21-,22-,25-,26+/m0/s1. The van der Waals surface area contributed by atoms with Gasteiger partial charge in [0.2, 0.25) is 0 Å². The summed E-state index contributed by atoms with van der Waals surface area (Å²) in [6.07, 6.45) is 12.2. The molecule has 0 radical (unpaired) electrons. The Balaban J connectivity index is 1.47.